The van der Waals surface area contributed by atoms with Gasteiger partial charge in [0.2, 0.25) is 0 Å². The van der Waals surface area contributed by atoms with Crippen molar-refractivity contribution in [3.8, 4) is 5.75 Å². The molecule has 1 amide bonds. The number of aryl methyl sites for hydroxylation is 1. The van der Waals surface area contributed by atoms with Gasteiger partial charge >= 0.3 is 12.0 Å². The number of benzene rings is 1. The first-order chi connectivity index (χ1) is 9.49. The van der Waals surface area contributed by atoms with E-state index in [-0.39, 0.29) is 12.3 Å². The third kappa shape index (κ3) is 3.28. The van der Waals surface area contributed by atoms with Crippen molar-refractivity contribution in [2.24, 2.45) is 7.05 Å². The maximum atomic E-state index is 13.6. The van der Waals surface area contributed by atoms with Crippen molar-refractivity contribution >= 4 is 5.91 Å². The molecule has 0 radical (unpaired) electrons. The number of aromatic nitrogens is 3. The van der Waals surface area contributed by atoms with Gasteiger partial charge < -0.3 is 14.6 Å². The number of amides is 1. The number of para-hydroxylation sites is 1. The van der Waals surface area contributed by atoms with Crippen LogP contribution >= 0.6 is 0 Å². The average molecular weight is 282 g/mol. The second kappa shape index (κ2) is 5.64. The van der Waals surface area contributed by atoms with Gasteiger partial charge in [0, 0.05) is 7.05 Å². The van der Waals surface area contributed by atoms with Gasteiger partial charge in [0.1, 0.15) is 12.1 Å². The highest BCUT2D eigenvalue weighted by Crippen LogP contribution is 2.21. The van der Waals surface area contributed by atoms with Gasteiger partial charge in [-0.2, -0.15) is 8.78 Å². The highest BCUT2D eigenvalue weighted by molar-refractivity contribution is 5.82. The lowest BCUT2D eigenvalue weighted by atomic mass is 10.3. The lowest BCUT2D eigenvalue weighted by molar-refractivity contribution is -0.193. The lowest BCUT2D eigenvalue weighted by Gasteiger charge is -2.16. The number of carbonyl (C=O) groups excluding carboxylic acids is 1. The molecule has 0 unspecified atom stereocenters. The van der Waals surface area contributed by atoms with Crippen LogP contribution in [0.15, 0.2) is 36.7 Å². The topological polar surface area (TPSA) is 69.0 Å². The molecule has 2 rings (SSSR count). The number of rotatable bonds is 5. The van der Waals surface area contributed by atoms with Crippen molar-refractivity contribution in [2.45, 2.75) is 12.7 Å². The number of alkyl halides is 2. The molecule has 1 aromatic carbocycles. The molecular weight excluding hydrogens is 270 g/mol. The summed E-state index contributed by atoms with van der Waals surface area (Å²) in [5, 5.41) is 9.29. The minimum atomic E-state index is -3.96. The van der Waals surface area contributed by atoms with Crippen molar-refractivity contribution < 1.29 is 18.3 Å². The van der Waals surface area contributed by atoms with Gasteiger partial charge in [-0.05, 0) is 12.1 Å². The molecule has 2 aromatic rings. The van der Waals surface area contributed by atoms with E-state index in [0.717, 1.165) is 0 Å². The SMILES string of the molecule is Cn1cnnc1CNC(=O)C(F)(F)Oc1ccccc1. The smallest absolute Gasteiger partial charge is 0.425 e. The predicted octanol–water partition coefficient (Wildman–Crippen LogP) is 1.10. The Kier molecular flexibility index (Phi) is 3.92. The Morgan fingerprint density at radius 3 is 2.70 bits per heavy atom. The zero-order valence-electron chi connectivity index (χ0n) is 10.6. The predicted molar refractivity (Wildman–Crippen MR) is 64.9 cm³/mol. The van der Waals surface area contributed by atoms with E-state index < -0.39 is 12.0 Å². The summed E-state index contributed by atoms with van der Waals surface area (Å²) in [4.78, 5) is 11.4. The zero-order valence-corrected chi connectivity index (χ0v) is 10.6. The standard InChI is InChI=1S/C12H12F2N4O2/c1-18-8-16-17-10(18)7-15-11(19)12(13,14)20-9-5-3-2-4-6-9/h2-6,8H,7H2,1H3,(H,15,19). The van der Waals surface area contributed by atoms with Gasteiger partial charge in [0.05, 0.1) is 6.54 Å². The molecule has 20 heavy (non-hydrogen) atoms. The van der Waals surface area contributed by atoms with E-state index in [0.29, 0.717) is 5.82 Å². The van der Waals surface area contributed by atoms with Crippen LogP contribution < -0.4 is 10.1 Å². The Balaban J connectivity index is 1.95. The normalized spacial score (nSPS) is 11.2. The Bertz CT molecular complexity index is 586. The summed E-state index contributed by atoms with van der Waals surface area (Å²) in [6.45, 7) is -0.164. The summed E-state index contributed by atoms with van der Waals surface area (Å²) >= 11 is 0. The fraction of sp³-hybridized carbons (Fsp3) is 0.250. The van der Waals surface area contributed by atoms with E-state index >= 15 is 0 Å². The Morgan fingerprint density at radius 2 is 2.10 bits per heavy atom. The van der Waals surface area contributed by atoms with E-state index in [1.165, 1.54) is 35.2 Å². The van der Waals surface area contributed by atoms with Crippen LogP contribution in [0, 0.1) is 0 Å². The third-order valence-electron chi connectivity index (χ3n) is 2.47. The molecule has 1 aromatic heterocycles. The van der Waals surface area contributed by atoms with Gasteiger partial charge in [-0.15, -0.1) is 10.2 Å². The zero-order chi connectivity index (χ0) is 14.6. The molecule has 0 bridgehead atoms. The van der Waals surface area contributed by atoms with Crippen LogP contribution in [0.25, 0.3) is 0 Å². The minimum absolute atomic E-state index is 0.0914. The number of nitrogens with one attached hydrogen (secondary N) is 1. The van der Waals surface area contributed by atoms with Gasteiger partial charge in [-0.3, -0.25) is 4.79 Å². The van der Waals surface area contributed by atoms with Gasteiger partial charge in [0.15, 0.2) is 5.82 Å². The number of hydrogen-bond donors (Lipinski definition) is 1. The largest absolute Gasteiger partial charge is 0.482 e. The molecule has 1 heterocycles. The first kappa shape index (κ1) is 13.9. The average Bonchev–Trinajstić information content (AvgIpc) is 2.82. The van der Waals surface area contributed by atoms with E-state index in [9.17, 15) is 13.6 Å². The summed E-state index contributed by atoms with van der Waals surface area (Å²) in [6.07, 6.45) is -2.56. The van der Waals surface area contributed by atoms with Crippen LogP contribution in [0.2, 0.25) is 0 Å². The second-order valence-electron chi connectivity index (χ2n) is 3.97. The Morgan fingerprint density at radius 1 is 1.40 bits per heavy atom. The van der Waals surface area contributed by atoms with Crippen molar-refractivity contribution in [3.05, 3.63) is 42.5 Å². The Hall–Kier alpha value is -2.51. The van der Waals surface area contributed by atoms with E-state index in [1.807, 2.05) is 5.32 Å². The summed E-state index contributed by atoms with van der Waals surface area (Å²) in [7, 11) is 1.64. The van der Waals surface area contributed by atoms with Gasteiger partial charge in [0.25, 0.3) is 0 Å². The Labute approximate surface area is 113 Å². The molecule has 8 heteroatoms. The molecule has 0 spiro atoms. The highest BCUT2D eigenvalue weighted by atomic mass is 19.3. The van der Waals surface area contributed by atoms with Crippen LogP contribution in [0.1, 0.15) is 5.82 Å². The van der Waals surface area contributed by atoms with Crippen LogP contribution in [0.4, 0.5) is 8.78 Å². The molecule has 6 nitrogen and oxygen atoms in total. The van der Waals surface area contributed by atoms with E-state index in [1.54, 1.807) is 13.1 Å². The van der Waals surface area contributed by atoms with Gasteiger partial charge in [-0.1, -0.05) is 18.2 Å². The number of nitrogens with zero attached hydrogens (tertiary/aromatic N) is 3. The third-order valence-corrected chi connectivity index (χ3v) is 2.47. The van der Waals surface area contributed by atoms with Crippen LogP contribution in [0.3, 0.4) is 0 Å². The number of ether oxygens (including phenoxy) is 1. The van der Waals surface area contributed by atoms with Crippen molar-refractivity contribution in [3.63, 3.8) is 0 Å². The molecule has 106 valence electrons. The molecule has 0 saturated heterocycles. The highest BCUT2D eigenvalue weighted by Gasteiger charge is 2.42. The van der Waals surface area contributed by atoms with E-state index in [4.69, 9.17) is 0 Å². The molecule has 0 aliphatic heterocycles. The number of hydrogen-bond acceptors (Lipinski definition) is 4. The summed E-state index contributed by atoms with van der Waals surface area (Å²) in [5.74, 6) is -1.27. The maximum Gasteiger partial charge on any atom is 0.482 e. The second-order valence-corrected chi connectivity index (χ2v) is 3.97. The summed E-state index contributed by atoms with van der Waals surface area (Å²) < 4.78 is 33.0. The summed E-state index contributed by atoms with van der Waals surface area (Å²) in [5.41, 5.74) is 0. The molecule has 0 fully saturated rings. The first-order valence-corrected chi connectivity index (χ1v) is 5.72. The number of halogens is 2. The van der Waals surface area contributed by atoms with Crippen LogP contribution in [0.5, 0.6) is 5.75 Å². The van der Waals surface area contributed by atoms with Crippen LogP contribution in [-0.4, -0.2) is 26.8 Å². The molecule has 0 atom stereocenters. The maximum absolute atomic E-state index is 13.6. The summed E-state index contributed by atoms with van der Waals surface area (Å²) in [6, 6.07) is 7.39. The fourth-order valence-electron chi connectivity index (χ4n) is 1.41. The first-order valence-electron chi connectivity index (χ1n) is 5.72. The molecule has 0 aliphatic carbocycles. The van der Waals surface area contributed by atoms with E-state index in [2.05, 4.69) is 14.9 Å². The minimum Gasteiger partial charge on any atom is -0.425 e. The van der Waals surface area contributed by atoms with Crippen molar-refractivity contribution in [1.29, 1.82) is 0 Å². The van der Waals surface area contributed by atoms with Gasteiger partial charge in [-0.25, -0.2) is 0 Å². The van der Waals surface area contributed by atoms with Crippen molar-refractivity contribution in [1.82, 2.24) is 20.1 Å². The lowest BCUT2D eigenvalue weighted by Crippen LogP contribution is -2.44. The molecular formula is C12H12F2N4O2. The molecule has 1 N–H and O–H groups in total. The van der Waals surface area contributed by atoms with Crippen LogP contribution in [-0.2, 0) is 18.4 Å². The fourth-order valence-corrected chi connectivity index (χ4v) is 1.41. The number of carbonyl (C=O) groups is 1. The van der Waals surface area contributed by atoms with Crippen molar-refractivity contribution in [2.75, 3.05) is 0 Å². The quantitative estimate of drug-likeness (QED) is 0.891. The monoisotopic (exact) mass is 282 g/mol. The molecule has 0 saturated carbocycles. The molecule has 0 aliphatic rings.